The molecule has 1 aliphatic heterocycles. The second-order valence-electron chi connectivity index (χ2n) is 4.44. The Morgan fingerprint density at radius 1 is 1.30 bits per heavy atom. The third kappa shape index (κ3) is 3.75. The molecule has 0 aromatic heterocycles. The van der Waals surface area contributed by atoms with Gasteiger partial charge in [0, 0.05) is 12.8 Å². The normalized spacial score (nSPS) is 16.9. The lowest BCUT2D eigenvalue weighted by Gasteiger charge is -2.22. The molecule has 0 radical (unpaired) electrons. The fourth-order valence-electron chi connectivity index (χ4n) is 1.86. The van der Waals surface area contributed by atoms with Gasteiger partial charge in [-0.1, -0.05) is 0 Å². The molecule has 1 saturated heterocycles. The Kier molecular flexibility index (Phi) is 4.36. The number of hydrogen-bond acceptors (Lipinski definition) is 5. The largest absolute Gasteiger partial charge is 0.459 e. The first-order valence-electron chi connectivity index (χ1n) is 5.98. The van der Waals surface area contributed by atoms with Crippen molar-refractivity contribution in [2.75, 3.05) is 13.2 Å². The highest BCUT2D eigenvalue weighted by atomic mass is 32.2. The summed E-state index contributed by atoms with van der Waals surface area (Å²) in [5.41, 5.74) is -0.180. The van der Waals surface area contributed by atoms with Crippen molar-refractivity contribution in [3.05, 3.63) is 29.6 Å². The molecule has 20 heavy (non-hydrogen) atoms. The minimum atomic E-state index is -4.08. The molecule has 2 N–H and O–H groups in total. The van der Waals surface area contributed by atoms with Gasteiger partial charge in [0.15, 0.2) is 0 Å². The molecule has 1 aliphatic rings. The maximum absolute atomic E-state index is 13.3. The Labute approximate surface area is 115 Å². The highest BCUT2D eigenvalue weighted by molar-refractivity contribution is 7.89. The summed E-state index contributed by atoms with van der Waals surface area (Å²) in [7, 11) is -4.08. The van der Waals surface area contributed by atoms with Gasteiger partial charge < -0.3 is 9.47 Å². The van der Waals surface area contributed by atoms with Crippen LogP contribution in [-0.2, 0) is 19.5 Å². The minimum absolute atomic E-state index is 0.180. The first kappa shape index (κ1) is 14.9. The Morgan fingerprint density at radius 3 is 2.55 bits per heavy atom. The van der Waals surface area contributed by atoms with E-state index in [0.717, 1.165) is 18.2 Å². The molecule has 0 spiro atoms. The van der Waals surface area contributed by atoms with Gasteiger partial charge in [-0.05, 0) is 18.2 Å². The number of carbonyl (C=O) groups excluding carboxylic acids is 1. The van der Waals surface area contributed by atoms with Gasteiger partial charge in [-0.15, -0.1) is 0 Å². The summed E-state index contributed by atoms with van der Waals surface area (Å²) >= 11 is 0. The van der Waals surface area contributed by atoms with Crippen molar-refractivity contribution in [2.24, 2.45) is 5.14 Å². The lowest BCUT2D eigenvalue weighted by Crippen LogP contribution is -2.26. The van der Waals surface area contributed by atoms with E-state index in [-0.39, 0.29) is 11.7 Å². The standard InChI is InChI=1S/C12H14FNO5S/c13-9-5-8(6-11(7-9)20(14,16)17)12(15)19-10-1-3-18-4-2-10/h5-7,10H,1-4H2,(H2,14,16,17). The van der Waals surface area contributed by atoms with Crippen LogP contribution in [0.15, 0.2) is 23.1 Å². The summed E-state index contributed by atoms with van der Waals surface area (Å²) in [4.78, 5) is 11.4. The third-order valence-electron chi connectivity index (χ3n) is 2.88. The van der Waals surface area contributed by atoms with E-state index in [9.17, 15) is 17.6 Å². The number of benzene rings is 1. The number of nitrogens with two attached hydrogens (primary N) is 1. The molecule has 1 aromatic carbocycles. The van der Waals surface area contributed by atoms with Gasteiger partial charge >= 0.3 is 5.97 Å². The summed E-state index contributed by atoms with van der Waals surface area (Å²) in [6.45, 7) is 0.979. The molecular formula is C12H14FNO5S. The van der Waals surface area contributed by atoms with Crippen LogP contribution in [-0.4, -0.2) is 33.7 Å². The van der Waals surface area contributed by atoms with E-state index < -0.39 is 26.7 Å². The first-order chi connectivity index (χ1) is 9.36. The van der Waals surface area contributed by atoms with Crippen LogP contribution in [0, 0.1) is 5.82 Å². The number of halogens is 1. The maximum atomic E-state index is 13.3. The van der Waals surface area contributed by atoms with Crippen LogP contribution in [0.5, 0.6) is 0 Å². The van der Waals surface area contributed by atoms with Crippen LogP contribution in [0.3, 0.4) is 0 Å². The van der Waals surface area contributed by atoms with E-state index in [1.807, 2.05) is 0 Å². The van der Waals surface area contributed by atoms with Gasteiger partial charge in [0.05, 0.1) is 23.7 Å². The molecule has 0 atom stereocenters. The van der Waals surface area contributed by atoms with Crippen LogP contribution in [0.2, 0.25) is 0 Å². The molecule has 0 amide bonds. The van der Waals surface area contributed by atoms with E-state index in [1.54, 1.807) is 0 Å². The van der Waals surface area contributed by atoms with E-state index in [2.05, 4.69) is 0 Å². The smallest absolute Gasteiger partial charge is 0.338 e. The zero-order valence-corrected chi connectivity index (χ0v) is 11.4. The summed E-state index contributed by atoms with van der Waals surface area (Å²) < 4.78 is 46.0. The highest BCUT2D eigenvalue weighted by Crippen LogP contribution is 2.17. The molecule has 1 fully saturated rings. The number of sulfonamides is 1. The summed E-state index contributed by atoms with van der Waals surface area (Å²) in [6.07, 6.45) is 0.809. The number of rotatable bonds is 3. The fourth-order valence-corrected chi connectivity index (χ4v) is 2.43. The molecule has 1 heterocycles. The van der Waals surface area contributed by atoms with Crippen LogP contribution < -0.4 is 5.14 Å². The molecule has 0 bridgehead atoms. The van der Waals surface area contributed by atoms with E-state index in [1.165, 1.54) is 0 Å². The lowest BCUT2D eigenvalue weighted by atomic mass is 10.1. The molecule has 0 unspecified atom stereocenters. The van der Waals surface area contributed by atoms with Crippen LogP contribution in [0.1, 0.15) is 23.2 Å². The summed E-state index contributed by atoms with van der Waals surface area (Å²) in [6, 6.07) is 2.66. The quantitative estimate of drug-likeness (QED) is 0.834. The lowest BCUT2D eigenvalue weighted by molar-refractivity contribution is -0.0159. The Hall–Kier alpha value is -1.51. The summed E-state index contributed by atoms with van der Waals surface area (Å²) in [5.74, 6) is -1.64. The second kappa shape index (κ2) is 5.86. The predicted molar refractivity (Wildman–Crippen MR) is 67.0 cm³/mol. The van der Waals surface area contributed by atoms with E-state index in [0.29, 0.717) is 26.1 Å². The molecule has 0 saturated carbocycles. The van der Waals surface area contributed by atoms with Crippen molar-refractivity contribution in [3.8, 4) is 0 Å². The number of carbonyl (C=O) groups is 1. The van der Waals surface area contributed by atoms with Gasteiger partial charge in [-0.3, -0.25) is 0 Å². The zero-order chi connectivity index (χ0) is 14.8. The van der Waals surface area contributed by atoms with E-state index in [4.69, 9.17) is 14.6 Å². The average molecular weight is 303 g/mol. The van der Waals surface area contributed by atoms with Gasteiger partial charge in [0.1, 0.15) is 11.9 Å². The van der Waals surface area contributed by atoms with Crippen molar-refractivity contribution < 1.29 is 27.1 Å². The number of hydrogen-bond donors (Lipinski definition) is 1. The number of ether oxygens (including phenoxy) is 2. The number of esters is 1. The van der Waals surface area contributed by atoms with Gasteiger partial charge in [-0.2, -0.15) is 0 Å². The topological polar surface area (TPSA) is 95.7 Å². The van der Waals surface area contributed by atoms with Gasteiger partial charge in [-0.25, -0.2) is 22.7 Å². The zero-order valence-electron chi connectivity index (χ0n) is 10.5. The molecule has 0 aliphatic carbocycles. The molecule has 6 nitrogen and oxygen atoms in total. The maximum Gasteiger partial charge on any atom is 0.338 e. The van der Waals surface area contributed by atoms with Gasteiger partial charge in [0.25, 0.3) is 0 Å². The summed E-state index contributed by atoms with van der Waals surface area (Å²) in [5, 5.41) is 4.92. The SMILES string of the molecule is NS(=O)(=O)c1cc(F)cc(C(=O)OC2CCOCC2)c1. The van der Waals surface area contributed by atoms with Gasteiger partial charge in [0.2, 0.25) is 10.0 Å². The van der Waals surface area contributed by atoms with Crippen molar-refractivity contribution >= 4 is 16.0 Å². The Morgan fingerprint density at radius 2 is 1.95 bits per heavy atom. The van der Waals surface area contributed by atoms with Crippen molar-refractivity contribution in [3.63, 3.8) is 0 Å². The Balaban J connectivity index is 2.19. The third-order valence-corrected chi connectivity index (χ3v) is 3.77. The van der Waals surface area contributed by atoms with Crippen molar-refractivity contribution in [1.29, 1.82) is 0 Å². The van der Waals surface area contributed by atoms with Crippen molar-refractivity contribution in [1.82, 2.24) is 0 Å². The average Bonchev–Trinajstić information content (AvgIpc) is 2.38. The van der Waals surface area contributed by atoms with Crippen LogP contribution in [0.4, 0.5) is 4.39 Å². The van der Waals surface area contributed by atoms with E-state index >= 15 is 0 Å². The van der Waals surface area contributed by atoms with Crippen molar-refractivity contribution in [2.45, 2.75) is 23.8 Å². The fraction of sp³-hybridized carbons (Fsp3) is 0.417. The first-order valence-corrected chi connectivity index (χ1v) is 7.53. The Bertz CT molecular complexity index is 610. The predicted octanol–water partition coefficient (Wildman–Crippen LogP) is 0.809. The molecule has 8 heteroatoms. The van der Waals surface area contributed by atoms with Crippen LogP contribution in [0.25, 0.3) is 0 Å². The monoisotopic (exact) mass is 303 g/mol. The second-order valence-corrected chi connectivity index (χ2v) is 6.00. The minimum Gasteiger partial charge on any atom is -0.459 e. The molecular weight excluding hydrogens is 289 g/mol. The number of primary sulfonamides is 1. The van der Waals surface area contributed by atoms with Crippen LogP contribution >= 0.6 is 0 Å². The molecule has 110 valence electrons. The molecule has 1 aromatic rings. The molecule has 2 rings (SSSR count). The highest BCUT2D eigenvalue weighted by Gasteiger charge is 2.21.